The Bertz CT molecular complexity index is 81.1. The van der Waals surface area contributed by atoms with Gasteiger partial charge in [-0.3, -0.25) is 0 Å². The standard InChI is InChI=1S/C6H12F2O/c1-4-6(2,3)9-5(7)8/h5H,4H2,1-3H3. The van der Waals surface area contributed by atoms with Crippen molar-refractivity contribution < 1.29 is 13.5 Å². The summed E-state index contributed by atoms with van der Waals surface area (Å²) in [6.45, 7) is 2.43. The van der Waals surface area contributed by atoms with Gasteiger partial charge in [0.1, 0.15) is 0 Å². The van der Waals surface area contributed by atoms with Gasteiger partial charge in [0.05, 0.1) is 5.60 Å². The van der Waals surface area contributed by atoms with Crippen LogP contribution >= 0.6 is 0 Å². The van der Waals surface area contributed by atoms with Gasteiger partial charge in [-0.2, -0.15) is 8.78 Å². The molecule has 0 aromatic heterocycles. The summed E-state index contributed by atoms with van der Waals surface area (Å²) in [5.74, 6) is 0. The number of rotatable bonds is 3. The molecular formula is C6H12F2O. The fourth-order valence-electron chi connectivity index (χ4n) is 0.325. The Morgan fingerprint density at radius 1 is 1.44 bits per heavy atom. The number of halogens is 2. The van der Waals surface area contributed by atoms with Gasteiger partial charge in [-0.1, -0.05) is 6.92 Å². The Kier molecular flexibility index (Phi) is 3.04. The second-order valence-corrected chi connectivity index (χ2v) is 2.49. The summed E-state index contributed by atoms with van der Waals surface area (Å²) >= 11 is 0. The van der Waals surface area contributed by atoms with E-state index in [1.54, 1.807) is 13.8 Å². The van der Waals surface area contributed by atoms with Crippen molar-refractivity contribution in [3.8, 4) is 0 Å². The smallest absolute Gasteiger partial charge is 0.317 e. The molecule has 0 saturated heterocycles. The van der Waals surface area contributed by atoms with E-state index in [4.69, 9.17) is 0 Å². The van der Waals surface area contributed by atoms with Crippen molar-refractivity contribution in [3.63, 3.8) is 0 Å². The average molecular weight is 138 g/mol. The SMILES string of the molecule is CCC(C)(C)OC(F)F. The predicted molar refractivity (Wildman–Crippen MR) is 31.5 cm³/mol. The lowest BCUT2D eigenvalue weighted by atomic mass is 10.1. The molecular weight excluding hydrogens is 126 g/mol. The summed E-state index contributed by atoms with van der Waals surface area (Å²) in [5, 5.41) is 0. The van der Waals surface area contributed by atoms with E-state index in [9.17, 15) is 8.78 Å². The first kappa shape index (κ1) is 8.82. The zero-order valence-corrected chi connectivity index (χ0v) is 5.95. The highest BCUT2D eigenvalue weighted by atomic mass is 19.3. The predicted octanol–water partition coefficient (Wildman–Crippen LogP) is 2.41. The molecule has 0 spiro atoms. The third kappa shape index (κ3) is 4.33. The van der Waals surface area contributed by atoms with Crippen LogP contribution in [-0.4, -0.2) is 12.2 Å². The van der Waals surface area contributed by atoms with Gasteiger partial charge in [-0.25, -0.2) is 0 Å². The minimum atomic E-state index is -2.65. The molecule has 0 aliphatic rings. The van der Waals surface area contributed by atoms with Crippen LogP contribution in [0.15, 0.2) is 0 Å². The average Bonchev–Trinajstić information content (AvgIpc) is 1.63. The lowest BCUT2D eigenvalue weighted by molar-refractivity contribution is -0.197. The van der Waals surface area contributed by atoms with Gasteiger partial charge >= 0.3 is 6.61 Å². The number of ether oxygens (including phenoxy) is 1. The normalized spacial score (nSPS) is 12.7. The van der Waals surface area contributed by atoms with E-state index in [0.717, 1.165) is 0 Å². The molecule has 0 fully saturated rings. The largest absolute Gasteiger partial charge is 0.345 e. The van der Waals surface area contributed by atoms with Crippen LogP contribution in [0.2, 0.25) is 0 Å². The van der Waals surface area contributed by atoms with Gasteiger partial charge in [0.25, 0.3) is 0 Å². The fourth-order valence-corrected chi connectivity index (χ4v) is 0.325. The first-order chi connectivity index (χ1) is 3.98. The molecule has 0 aliphatic carbocycles. The molecule has 0 amide bonds. The maximum Gasteiger partial charge on any atom is 0.345 e. The first-order valence-electron chi connectivity index (χ1n) is 2.94. The summed E-state index contributed by atoms with van der Waals surface area (Å²) < 4.78 is 27.2. The van der Waals surface area contributed by atoms with Gasteiger partial charge < -0.3 is 4.74 Å². The summed E-state index contributed by atoms with van der Waals surface area (Å²) in [7, 11) is 0. The Morgan fingerprint density at radius 3 is 2.00 bits per heavy atom. The van der Waals surface area contributed by atoms with Crippen molar-refractivity contribution in [2.24, 2.45) is 0 Å². The monoisotopic (exact) mass is 138 g/mol. The Balaban J connectivity index is 3.58. The molecule has 0 radical (unpaired) electrons. The maximum atomic E-state index is 11.5. The lowest BCUT2D eigenvalue weighted by Crippen LogP contribution is -2.25. The van der Waals surface area contributed by atoms with E-state index in [2.05, 4.69) is 4.74 Å². The summed E-state index contributed by atoms with van der Waals surface area (Å²) in [6, 6.07) is 0. The number of hydrogen-bond donors (Lipinski definition) is 0. The Hall–Kier alpha value is -0.180. The topological polar surface area (TPSA) is 9.23 Å². The highest BCUT2D eigenvalue weighted by Crippen LogP contribution is 2.16. The van der Waals surface area contributed by atoms with Crippen LogP contribution in [0.25, 0.3) is 0 Å². The van der Waals surface area contributed by atoms with Crippen molar-refractivity contribution in [2.75, 3.05) is 0 Å². The summed E-state index contributed by atoms with van der Waals surface area (Å²) in [4.78, 5) is 0. The number of hydrogen-bond acceptors (Lipinski definition) is 1. The molecule has 1 nitrogen and oxygen atoms in total. The molecule has 3 heteroatoms. The minimum Gasteiger partial charge on any atom is -0.317 e. The molecule has 0 aromatic rings. The minimum absolute atomic E-state index is 0.595. The van der Waals surface area contributed by atoms with Gasteiger partial charge in [-0.05, 0) is 20.3 Å². The van der Waals surface area contributed by atoms with E-state index in [1.807, 2.05) is 6.92 Å². The van der Waals surface area contributed by atoms with Crippen molar-refractivity contribution in [3.05, 3.63) is 0 Å². The number of alkyl halides is 2. The van der Waals surface area contributed by atoms with E-state index >= 15 is 0 Å². The molecule has 0 rings (SSSR count). The molecule has 0 unspecified atom stereocenters. The third-order valence-corrected chi connectivity index (χ3v) is 1.26. The van der Waals surface area contributed by atoms with E-state index in [1.165, 1.54) is 0 Å². The van der Waals surface area contributed by atoms with Crippen LogP contribution in [-0.2, 0) is 4.74 Å². The van der Waals surface area contributed by atoms with Crippen LogP contribution in [0.5, 0.6) is 0 Å². The van der Waals surface area contributed by atoms with Crippen LogP contribution in [0, 0.1) is 0 Å². The highest BCUT2D eigenvalue weighted by Gasteiger charge is 2.20. The van der Waals surface area contributed by atoms with Crippen LogP contribution < -0.4 is 0 Å². The molecule has 0 bridgehead atoms. The molecule has 0 aliphatic heterocycles. The Labute approximate surface area is 54.0 Å². The molecule has 0 heterocycles. The highest BCUT2D eigenvalue weighted by molar-refractivity contribution is 4.63. The fraction of sp³-hybridized carbons (Fsp3) is 1.00. The van der Waals surface area contributed by atoms with Gasteiger partial charge in [0.2, 0.25) is 0 Å². The van der Waals surface area contributed by atoms with Gasteiger partial charge in [-0.15, -0.1) is 0 Å². The lowest BCUT2D eigenvalue weighted by Gasteiger charge is -2.22. The molecule has 56 valence electrons. The zero-order valence-electron chi connectivity index (χ0n) is 5.95. The van der Waals surface area contributed by atoms with E-state index < -0.39 is 12.2 Å². The first-order valence-corrected chi connectivity index (χ1v) is 2.94. The summed E-state index contributed by atoms with van der Waals surface area (Å²) in [5.41, 5.74) is -0.686. The van der Waals surface area contributed by atoms with Crippen LogP contribution in [0.4, 0.5) is 8.78 Å². The molecule has 0 N–H and O–H groups in total. The van der Waals surface area contributed by atoms with Crippen LogP contribution in [0.1, 0.15) is 27.2 Å². The quantitative estimate of drug-likeness (QED) is 0.582. The molecule has 9 heavy (non-hydrogen) atoms. The molecule has 0 saturated carbocycles. The second-order valence-electron chi connectivity index (χ2n) is 2.49. The second kappa shape index (κ2) is 3.11. The third-order valence-electron chi connectivity index (χ3n) is 1.26. The van der Waals surface area contributed by atoms with Crippen molar-refractivity contribution in [2.45, 2.75) is 39.4 Å². The summed E-state index contributed by atoms with van der Waals surface area (Å²) in [6.07, 6.45) is 0.595. The molecule has 0 aromatic carbocycles. The van der Waals surface area contributed by atoms with Crippen LogP contribution in [0.3, 0.4) is 0 Å². The van der Waals surface area contributed by atoms with Crippen molar-refractivity contribution in [1.82, 2.24) is 0 Å². The van der Waals surface area contributed by atoms with E-state index in [0.29, 0.717) is 6.42 Å². The zero-order chi connectivity index (χ0) is 7.49. The van der Waals surface area contributed by atoms with Gasteiger partial charge in [0.15, 0.2) is 0 Å². The maximum absolute atomic E-state index is 11.5. The van der Waals surface area contributed by atoms with Crippen molar-refractivity contribution >= 4 is 0 Å². The van der Waals surface area contributed by atoms with E-state index in [-0.39, 0.29) is 0 Å². The van der Waals surface area contributed by atoms with Crippen molar-refractivity contribution in [1.29, 1.82) is 0 Å². The Morgan fingerprint density at radius 2 is 1.89 bits per heavy atom. The molecule has 0 atom stereocenters. The van der Waals surface area contributed by atoms with Gasteiger partial charge in [0, 0.05) is 0 Å².